The van der Waals surface area contributed by atoms with Crippen LogP contribution < -0.4 is 0 Å². The Kier molecular flexibility index (Phi) is 5.43. The molecule has 1 amide bonds. The standard InChI is InChI=1S/C17H25N3O2/c21-17(16-4-2-1-3-5-16)20-10-8-18(9-11-20)6-7-19-12-14-22-15-13-19/h1-5H,6-15H2. The fourth-order valence-electron chi connectivity index (χ4n) is 3.05. The summed E-state index contributed by atoms with van der Waals surface area (Å²) in [6.45, 7) is 9.63. The van der Waals surface area contributed by atoms with Gasteiger partial charge < -0.3 is 9.64 Å². The van der Waals surface area contributed by atoms with Gasteiger partial charge in [-0.05, 0) is 12.1 Å². The second-order valence-electron chi connectivity index (χ2n) is 5.95. The van der Waals surface area contributed by atoms with Crippen LogP contribution in [0.4, 0.5) is 0 Å². The molecule has 0 spiro atoms. The highest BCUT2D eigenvalue weighted by atomic mass is 16.5. The fraction of sp³-hybridized carbons (Fsp3) is 0.588. The van der Waals surface area contributed by atoms with Crippen LogP contribution in [0.25, 0.3) is 0 Å². The summed E-state index contributed by atoms with van der Waals surface area (Å²) >= 11 is 0. The van der Waals surface area contributed by atoms with Crippen LogP contribution in [0, 0.1) is 0 Å². The van der Waals surface area contributed by atoms with Gasteiger partial charge in [-0.2, -0.15) is 0 Å². The molecule has 22 heavy (non-hydrogen) atoms. The monoisotopic (exact) mass is 303 g/mol. The molecule has 0 saturated carbocycles. The van der Waals surface area contributed by atoms with E-state index in [1.54, 1.807) is 0 Å². The highest BCUT2D eigenvalue weighted by Gasteiger charge is 2.22. The number of hydrogen-bond acceptors (Lipinski definition) is 4. The van der Waals surface area contributed by atoms with Crippen LogP contribution in [-0.2, 0) is 4.74 Å². The van der Waals surface area contributed by atoms with Crippen LogP contribution in [0.15, 0.2) is 30.3 Å². The van der Waals surface area contributed by atoms with Crippen molar-refractivity contribution < 1.29 is 9.53 Å². The Balaban J connectivity index is 1.41. The molecule has 5 nitrogen and oxygen atoms in total. The third kappa shape index (κ3) is 4.06. The fourth-order valence-corrected chi connectivity index (χ4v) is 3.05. The third-order valence-electron chi connectivity index (χ3n) is 4.52. The van der Waals surface area contributed by atoms with Crippen LogP contribution in [0.1, 0.15) is 10.4 Å². The van der Waals surface area contributed by atoms with E-state index in [-0.39, 0.29) is 5.91 Å². The highest BCUT2D eigenvalue weighted by molar-refractivity contribution is 5.94. The van der Waals surface area contributed by atoms with Crippen molar-refractivity contribution in [2.45, 2.75) is 0 Å². The number of piperazine rings is 1. The van der Waals surface area contributed by atoms with E-state index >= 15 is 0 Å². The van der Waals surface area contributed by atoms with E-state index in [4.69, 9.17) is 4.74 Å². The molecule has 1 aromatic rings. The Bertz CT molecular complexity index is 466. The molecular formula is C17H25N3O2. The molecular weight excluding hydrogens is 278 g/mol. The average molecular weight is 303 g/mol. The first kappa shape index (κ1) is 15.5. The minimum absolute atomic E-state index is 0.161. The van der Waals surface area contributed by atoms with E-state index in [0.717, 1.165) is 71.1 Å². The first-order chi connectivity index (χ1) is 10.8. The van der Waals surface area contributed by atoms with Crippen molar-refractivity contribution in [2.24, 2.45) is 0 Å². The second-order valence-corrected chi connectivity index (χ2v) is 5.95. The summed E-state index contributed by atoms with van der Waals surface area (Å²) in [5.74, 6) is 0.161. The molecule has 1 aromatic carbocycles. The van der Waals surface area contributed by atoms with Gasteiger partial charge in [-0.1, -0.05) is 18.2 Å². The largest absolute Gasteiger partial charge is 0.379 e. The number of benzene rings is 1. The number of hydrogen-bond donors (Lipinski definition) is 0. The number of ether oxygens (including phenoxy) is 1. The van der Waals surface area contributed by atoms with Crippen LogP contribution in [0.2, 0.25) is 0 Å². The summed E-state index contributed by atoms with van der Waals surface area (Å²) in [5.41, 5.74) is 0.796. The molecule has 0 aliphatic carbocycles. The van der Waals surface area contributed by atoms with Gasteiger partial charge in [0.15, 0.2) is 0 Å². The van der Waals surface area contributed by atoms with Crippen molar-refractivity contribution in [3.63, 3.8) is 0 Å². The molecule has 2 saturated heterocycles. The summed E-state index contributed by atoms with van der Waals surface area (Å²) in [7, 11) is 0. The molecule has 120 valence electrons. The Morgan fingerprint density at radius 3 is 2.09 bits per heavy atom. The molecule has 3 rings (SSSR count). The number of carbonyl (C=O) groups is 1. The molecule has 2 aliphatic rings. The maximum Gasteiger partial charge on any atom is 0.253 e. The maximum atomic E-state index is 12.4. The van der Waals surface area contributed by atoms with Crippen LogP contribution >= 0.6 is 0 Å². The summed E-state index contributed by atoms with van der Waals surface area (Å²) in [4.78, 5) is 19.3. The first-order valence-electron chi connectivity index (χ1n) is 8.20. The van der Waals surface area contributed by atoms with Crippen molar-refractivity contribution in [3.05, 3.63) is 35.9 Å². The number of rotatable bonds is 4. The van der Waals surface area contributed by atoms with Crippen molar-refractivity contribution in [2.75, 3.05) is 65.6 Å². The van der Waals surface area contributed by atoms with Gasteiger partial charge in [-0.15, -0.1) is 0 Å². The van der Waals surface area contributed by atoms with Crippen molar-refractivity contribution >= 4 is 5.91 Å². The van der Waals surface area contributed by atoms with Crippen molar-refractivity contribution in [1.29, 1.82) is 0 Å². The molecule has 5 heteroatoms. The van der Waals surface area contributed by atoms with E-state index in [2.05, 4.69) is 9.80 Å². The summed E-state index contributed by atoms with van der Waals surface area (Å²) in [6.07, 6.45) is 0. The third-order valence-corrected chi connectivity index (χ3v) is 4.52. The van der Waals surface area contributed by atoms with Crippen LogP contribution in [0.5, 0.6) is 0 Å². The lowest BCUT2D eigenvalue weighted by atomic mass is 10.2. The van der Waals surface area contributed by atoms with Gasteiger partial charge in [0, 0.05) is 57.9 Å². The lowest BCUT2D eigenvalue weighted by Gasteiger charge is -2.36. The quantitative estimate of drug-likeness (QED) is 0.823. The average Bonchev–Trinajstić information content (AvgIpc) is 2.61. The second kappa shape index (κ2) is 7.72. The maximum absolute atomic E-state index is 12.4. The Hall–Kier alpha value is -1.43. The zero-order valence-electron chi connectivity index (χ0n) is 13.1. The van der Waals surface area contributed by atoms with Gasteiger partial charge in [0.2, 0.25) is 0 Å². The normalized spacial score (nSPS) is 21.0. The Labute approximate surface area is 132 Å². The SMILES string of the molecule is O=C(c1ccccc1)N1CCN(CCN2CCOCC2)CC1. The molecule has 2 aliphatic heterocycles. The molecule has 0 radical (unpaired) electrons. The zero-order valence-corrected chi connectivity index (χ0v) is 13.1. The molecule has 0 unspecified atom stereocenters. The van der Waals surface area contributed by atoms with E-state index in [0.29, 0.717) is 0 Å². The highest BCUT2D eigenvalue weighted by Crippen LogP contribution is 2.09. The summed E-state index contributed by atoms with van der Waals surface area (Å²) in [6, 6.07) is 9.58. The Morgan fingerprint density at radius 1 is 0.864 bits per heavy atom. The van der Waals surface area contributed by atoms with E-state index < -0.39 is 0 Å². The topological polar surface area (TPSA) is 36.0 Å². The summed E-state index contributed by atoms with van der Waals surface area (Å²) in [5, 5.41) is 0. The van der Waals surface area contributed by atoms with Crippen molar-refractivity contribution in [3.8, 4) is 0 Å². The van der Waals surface area contributed by atoms with Crippen LogP contribution in [-0.4, -0.2) is 86.2 Å². The van der Waals surface area contributed by atoms with Gasteiger partial charge in [-0.3, -0.25) is 14.6 Å². The number of morpholine rings is 1. The minimum Gasteiger partial charge on any atom is -0.379 e. The van der Waals surface area contributed by atoms with Gasteiger partial charge in [0.05, 0.1) is 13.2 Å². The molecule has 0 bridgehead atoms. The van der Waals surface area contributed by atoms with Crippen molar-refractivity contribution in [1.82, 2.24) is 14.7 Å². The summed E-state index contributed by atoms with van der Waals surface area (Å²) < 4.78 is 5.37. The molecule has 2 heterocycles. The van der Waals surface area contributed by atoms with Gasteiger partial charge >= 0.3 is 0 Å². The molecule has 2 fully saturated rings. The van der Waals surface area contributed by atoms with E-state index in [1.165, 1.54) is 0 Å². The number of nitrogens with zero attached hydrogens (tertiary/aromatic N) is 3. The lowest BCUT2D eigenvalue weighted by molar-refractivity contribution is 0.0293. The first-order valence-corrected chi connectivity index (χ1v) is 8.20. The number of amides is 1. The van der Waals surface area contributed by atoms with Gasteiger partial charge in [-0.25, -0.2) is 0 Å². The predicted octanol–water partition coefficient (Wildman–Crippen LogP) is 0.777. The zero-order chi connectivity index (χ0) is 15.2. The Morgan fingerprint density at radius 2 is 1.45 bits per heavy atom. The lowest BCUT2D eigenvalue weighted by Crippen LogP contribution is -2.51. The number of carbonyl (C=O) groups excluding carboxylic acids is 1. The molecule has 0 aromatic heterocycles. The van der Waals surface area contributed by atoms with Crippen LogP contribution in [0.3, 0.4) is 0 Å². The van der Waals surface area contributed by atoms with Gasteiger partial charge in [0.1, 0.15) is 0 Å². The minimum atomic E-state index is 0.161. The van der Waals surface area contributed by atoms with Gasteiger partial charge in [0.25, 0.3) is 5.91 Å². The van der Waals surface area contributed by atoms with E-state index in [9.17, 15) is 4.79 Å². The smallest absolute Gasteiger partial charge is 0.253 e. The molecule has 0 atom stereocenters. The van der Waals surface area contributed by atoms with E-state index in [1.807, 2.05) is 35.2 Å². The predicted molar refractivity (Wildman–Crippen MR) is 86.0 cm³/mol. The molecule has 0 N–H and O–H groups in total.